The van der Waals surface area contributed by atoms with Crippen LogP contribution in [0.4, 0.5) is 5.69 Å². The summed E-state index contributed by atoms with van der Waals surface area (Å²) < 4.78 is 6.75. The summed E-state index contributed by atoms with van der Waals surface area (Å²) in [5.41, 5.74) is 4.65. The average Bonchev–Trinajstić information content (AvgIpc) is 3.03. The highest BCUT2D eigenvalue weighted by Crippen LogP contribution is 2.23. The number of halogens is 1. The molecule has 5 nitrogen and oxygen atoms in total. The van der Waals surface area contributed by atoms with Crippen LogP contribution in [0.2, 0.25) is 0 Å². The molecule has 1 aromatic heterocycles. The highest BCUT2D eigenvalue weighted by atomic mass is 79.9. The number of hydrogen-bond donors (Lipinski definition) is 1. The molecule has 0 unspecified atom stereocenters. The number of amides is 1. The number of thiazole rings is 1. The van der Waals surface area contributed by atoms with E-state index < -0.39 is 11.9 Å². The summed E-state index contributed by atoms with van der Waals surface area (Å²) in [6.07, 6.45) is 0. The van der Waals surface area contributed by atoms with E-state index in [1.165, 1.54) is 11.3 Å². The van der Waals surface area contributed by atoms with Crippen LogP contribution in [0.15, 0.2) is 46.4 Å². The van der Waals surface area contributed by atoms with Crippen molar-refractivity contribution in [3.05, 3.63) is 57.5 Å². The van der Waals surface area contributed by atoms with Crippen molar-refractivity contribution in [3.8, 4) is 0 Å². The van der Waals surface area contributed by atoms with Gasteiger partial charge in [-0.1, -0.05) is 6.07 Å². The first-order valence-corrected chi connectivity index (χ1v) is 8.76. The number of nitrogens with one attached hydrogen (secondary N) is 1. The molecule has 0 fully saturated rings. The maximum Gasteiger partial charge on any atom is 0.338 e. The monoisotopic (exact) mass is 404 g/mol. The first kappa shape index (κ1) is 16.6. The highest BCUT2D eigenvalue weighted by molar-refractivity contribution is 9.10. The predicted molar refractivity (Wildman–Crippen MR) is 97.4 cm³/mol. The lowest BCUT2D eigenvalue weighted by atomic mass is 10.2. The van der Waals surface area contributed by atoms with Gasteiger partial charge >= 0.3 is 5.97 Å². The van der Waals surface area contributed by atoms with Crippen molar-refractivity contribution in [1.82, 2.24) is 4.98 Å². The fourth-order valence-electron chi connectivity index (χ4n) is 2.10. The van der Waals surface area contributed by atoms with Gasteiger partial charge in [-0.05, 0) is 58.7 Å². The van der Waals surface area contributed by atoms with E-state index in [9.17, 15) is 9.59 Å². The molecule has 0 aliphatic carbocycles. The molecule has 0 saturated heterocycles. The molecule has 0 saturated carbocycles. The summed E-state index contributed by atoms with van der Waals surface area (Å²) in [5, 5.41) is 2.70. The Kier molecular flexibility index (Phi) is 4.92. The number of aromatic nitrogens is 1. The fourth-order valence-corrected chi connectivity index (χ4v) is 3.41. The largest absolute Gasteiger partial charge is 0.452 e. The molecule has 0 bridgehead atoms. The second-order valence-corrected chi connectivity index (χ2v) is 6.88. The standard InChI is InChI=1S/C17H13BrN2O3S/c1-10-2-4-13(12(18)6-10)20-16(21)8-23-17(22)11-3-5-14-15(7-11)24-9-19-14/h2-7,9H,8H2,1H3,(H,20,21). The van der Waals surface area contributed by atoms with Crippen LogP contribution in [0, 0.1) is 6.92 Å². The summed E-state index contributed by atoms with van der Waals surface area (Å²) in [5.74, 6) is -0.935. The van der Waals surface area contributed by atoms with Gasteiger partial charge < -0.3 is 10.1 Å². The number of ether oxygens (including phenoxy) is 1. The summed E-state index contributed by atoms with van der Waals surface area (Å²) >= 11 is 4.83. The smallest absolute Gasteiger partial charge is 0.338 e. The molecule has 3 rings (SSSR count). The van der Waals surface area contributed by atoms with Crippen LogP contribution in [-0.4, -0.2) is 23.5 Å². The van der Waals surface area contributed by atoms with Crippen LogP contribution >= 0.6 is 27.3 Å². The van der Waals surface area contributed by atoms with E-state index >= 15 is 0 Å². The molecule has 0 atom stereocenters. The Morgan fingerprint density at radius 1 is 1.25 bits per heavy atom. The summed E-state index contributed by atoms with van der Waals surface area (Å²) in [6, 6.07) is 10.7. The van der Waals surface area contributed by atoms with Gasteiger partial charge in [0.15, 0.2) is 6.61 Å². The number of fused-ring (bicyclic) bond motifs is 1. The molecule has 1 heterocycles. The Hall–Kier alpha value is -2.25. The third-order valence-corrected chi connectivity index (χ3v) is 4.75. The molecule has 3 aromatic rings. The van der Waals surface area contributed by atoms with Crippen molar-refractivity contribution in [1.29, 1.82) is 0 Å². The number of hydrogen-bond acceptors (Lipinski definition) is 5. The first-order valence-electron chi connectivity index (χ1n) is 7.09. The van der Waals surface area contributed by atoms with Crippen molar-refractivity contribution in [2.45, 2.75) is 6.92 Å². The van der Waals surface area contributed by atoms with E-state index in [0.29, 0.717) is 11.3 Å². The van der Waals surface area contributed by atoms with Gasteiger partial charge in [0.25, 0.3) is 5.91 Å². The zero-order valence-electron chi connectivity index (χ0n) is 12.7. The highest BCUT2D eigenvalue weighted by Gasteiger charge is 2.12. The van der Waals surface area contributed by atoms with Gasteiger partial charge in [-0.15, -0.1) is 11.3 Å². The Morgan fingerprint density at radius 2 is 2.08 bits per heavy atom. The van der Waals surface area contributed by atoms with E-state index in [0.717, 1.165) is 20.3 Å². The summed E-state index contributed by atoms with van der Waals surface area (Å²) in [6.45, 7) is 1.61. The molecule has 7 heteroatoms. The lowest BCUT2D eigenvalue weighted by molar-refractivity contribution is -0.119. The zero-order chi connectivity index (χ0) is 17.1. The number of rotatable bonds is 4. The Bertz CT molecular complexity index is 923. The number of carbonyl (C=O) groups excluding carboxylic acids is 2. The van der Waals surface area contributed by atoms with E-state index in [2.05, 4.69) is 26.2 Å². The van der Waals surface area contributed by atoms with Crippen molar-refractivity contribution in [3.63, 3.8) is 0 Å². The summed E-state index contributed by atoms with van der Waals surface area (Å²) in [7, 11) is 0. The van der Waals surface area contributed by atoms with E-state index in [4.69, 9.17) is 4.74 Å². The van der Waals surface area contributed by atoms with Gasteiger partial charge in [-0.3, -0.25) is 4.79 Å². The second kappa shape index (κ2) is 7.11. The molecule has 0 spiro atoms. The molecule has 24 heavy (non-hydrogen) atoms. The van der Waals surface area contributed by atoms with Crippen LogP contribution < -0.4 is 5.32 Å². The minimum absolute atomic E-state index is 0.347. The van der Waals surface area contributed by atoms with Gasteiger partial charge in [0.2, 0.25) is 0 Å². The van der Waals surface area contributed by atoms with Gasteiger partial charge in [0.1, 0.15) is 0 Å². The van der Waals surface area contributed by atoms with Crippen LogP contribution in [0.1, 0.15) is 15.9 Å². The number of anilines is 1. The molecule has 0 aliphatic rings. The molecule has 1 amide bonds. The van der Waals surface area contributed by atoms with Crippen LogP contribution in [0.5, 0.6) is 0 Å². The van der Waals surface area contributed by atoms with Crippen molar-refractivity contribution in [2.75, 3.05) is 11.9 Å². The second-order valence-electron chi connectivity index (χ2n) is 5.14. The Labute approximate surface area is 150 Å². The van der Waals surface area contributed by atoms with Gasteiger partial charge in [-0.2, -0.15) is 0 Å². The number of carbonyl (C=O) groups is 2. The van der Waals surface area contributed by atoms with Crippen molar-refractivity contribution in [2.24, 2.45) is 0 Å². The van der Waals surface area contributed by atoms with Crippen molar-refractivity contribution < 1.29 is 14.3 Å². The normalized spacial score (nSPS) is 10.6. The Morgan fingerprint density at radius 3 is 2.88 bits per heavy atom. The minimum Gasteiger partial charge on any atom is -0.452 e. The van der Waals surface area contributed by atoms with Crippen LogP contribution in [0.3, 0.4) is 0 Å². The van der Waals surface area contributed by atoms with E-state index in [1.54, 1.807) is 29.8 Å². The number of esters is 1. The maximum atomic E-state index is 12.1. The van der Waals surface area contributed by atoms with Gasteiger partial charge in [-0.25, -0.2) is 9.78 Å². The van der Waals surface area contributed by atoms with Crippen LogP contribution in [0.25, 0.3) is 10.2 Å². The quantitative estimate of drug-likeness (QED) is 0.662. The minimum atomic E-state index is -0.538. The molecule has 2 aromatic carbocycles. The van der Waals surface area contributed by atoms with E-state index in [-0.39, 0.29) is 6.61 Å². The molecule has 0 radical (unpaired) electrons. The lowest BCUT2D eigenvalue weighted by Crippen LogP contribution is -2.21. The molecular weight excluding hydrogens is 392 g/mol. The SMILES string of the molecule is Cc1ccc(NC(=O)COC(=O)c2ccc3ncsc3c2)c(Br)c1. The third-order valence-electron chi connectivity index (χ3n) is 3.30. The average molecular weight is 405 g/mol. The molecular formula is C17H13BrN2O3S. The van der Waals surface area contributed by atoms with Gasteiger partial charge in [0.05, 0.1) is 27.0 Å². The number of benzene rings is 2. The Balaban J connectivity index is 1.60. The van der Waals surface area contributed by atoms with Gasteiger partial charge in [0, 0.05) is 4.47 Å². The predicted octanol–water partition coefficient (Wildman–Crippen LogP) is 4.16. The van der Waals surface area contributed by atoms with Crippen LogP contribution in [-0.2, 0) is 9.53 Å². The fraction of sp³-hybridized carbons (Fsp3) is 0.118. The molecule has 0 aliphatic heterocycles. The lowest BCUT2D eigenvalue weighted by Gasteiger charge is -2.09. The molecule has 1 N–H and O–H groups in total. The third kappa shape index (κ3) is 3.80. The summed E-state index contributed by atoms with van der Waals surface area (Å²) in [4.78, 5) is 28.1. The maximum absolute atomic E-state index is 12.1. The first-order chi connectivity index (χ1) is 11.5. The zero-order valence-corrected chi connectivity index (χ0v) is 15.1. The van der Waals surface area contributed by atoms with Crippen molar-refractivity contribution >= 4 is 55.0 Å². The molecule has 122 valence electrons. The topological polar surface area (TPSA) is 68.3 Å². The number of aryl methyl sites for hydroxylation is 1. The number of nitrogens with zero attached hydrogens (tertiary/aromatic N) is 1. The van der Waals surface area contributed by atoms with E-state index in [1.807, 2.05) is 19.1 Å².